The summed E-state index contributed by atoms with van der Waals surface area (Å²) in [4.78, 5) is 26.5. The molecule has 8 heteroatoms. The van der Waals surface area contributed by atoms with Gasteiger partial charge in [-0.15, -0.1) is 11.8 Å². The summed E-state index contributed by atoms with van der Waals surface area (Å²) in [6.07, 6.45) is 3.08. The van der Waals surface area contributed by atoms with Crippen molar-refractivity contribution < 1.29 is 14.1 Å². The molecule has 0 aromatic carbocycles. The summed E-state index contributed by atoms with van der Waals surface area (Å²) in [5, 5.41) is 6.06. The van der Waals surface area contributed by atoms with Gasteiger partial charge in [0.1, 0.15) is 5.76 Å². The van der Waals surface area contributed by atoms with Gasteiger partial charge in [-0.2, -0.15) is 0 Å². The molecule has 2 rings (SSSR count). The number of piperidine rings is 1. The molecule has 3 unspecified atom stereocenters. The average Bonchev–Trinajstić information content (AvgIpc) is 2.97. The highest BCUT2D eigenvalue weighted by Crippen LogP contribution is 2.21. The van der Waals surface area contributed by atoms with Gasteiger partial charge in [-0.25, -0.2) is 0 Å². The number of carbonyl (C=O) groups is 2. The molecule has 1 aromatic rings. The highest BCUT2D eigenvalue weighted by Gasteiger charge is 2.29. The molecule has 0 aliphatic carbocycles. The molecule has 0 radical (unpaired) electrons. The topological polar surface area (TPSA) is 101 Å². The van der Waals surface area contributed by atoms with E-state index in [2.05, 4.69) is 10.5 Å². The second-order valence-corrected chi connectivity index (χ2v) is 7.60. The first kappa shape index (κ1) is 18.8. The number of thioether (sulfide) groups is 1. The minimum absolute atomic E-state index is 0.0321. The maximum absolute atomic E-state index is 12.5. The lowest BCUT2D eigenvalue weighted by Gasteiger charge is -2.38. The Morgan fingerprint density at radius 1 is 1.50 bits per heavy atom. The van der Waals surface area contributed by atoms with Crippen molar-refractivity contribution in [2.75, 3.05) is 17.6 Å². The van der Waals surface area contributed by atoms with Gasteiger partial charge in [-0.1, -0.05) is 5.16 Å². The lowest BCUT2D eigenvalue weighted by molar-refractivity contribution is -0.132. The van der Waals surface area contributed by atoms with Crippen LogP contribution in [0, 0.1) is 6.92 Å². The number of hydrogen-bond donors (Lipinski definition) is 2. The fourth-order valence-corrected chi connectivity index (χ4v) is 3.59. The van der Waals surface area contributed by atoms with Crippen LogP contribution < -0.4 is 11.1 Å². The number of likely N-dealkylation sites (tertiary alicyclic amines) is 1. The number of hydrogen-bond acceptors (Lipinski definition) is 6. The van der Waals surface area contributed by atoms with Gasteiger partial charge >= 0.3 is 0 Å². The van der Waals surface area contributed by atoms with E-state index in [4.69, 9.17) is 10.3 Å². The minimum Gasteiger partial charge on any atom is -0.360 e. The Morgan fingerprint density at radius 2 is 2.25 bits per heavy atom. The Hall–Kier alpha value is -1.54. The second kappa shape index (κ2) is 8.53. The third-order valence-corrected chi connectivity index (χ3v) is 5.31. The van der Waals surface area contributed by atoms with E-state index in [1.54, 1.807) is 19.9 Å². The van der Waals surface area contributed by atoms with E-state index in [1.807, 2.05) is 11.8 Å². The van der Waals surface area contributed by atoms with E-state index in [9.17, 15) is 9.59 Å². The first-order valence-electron chi connectivity index (χ1n) is 8.29. The van der Waals surface area contributed by atoms with Gasteiger partial charge in [0.15, 0.2) is 5.82 Å². The van der Waals surface area contributed by atoms with Crippen LogP contribution in [0.25, 0.3) is 0 Å². The van der Waals surface area contributed by atoms with Gasteiger partial charge in [0.25, 0.3) is 0 Å². The van der Waals surface area contributed by atoms with Crippen molar-refractivity contribution in [2.45, 2.75) is 57.4 Å². The molecular formula is C16H26N4O3S. The van der Waals surface area contributed by atoms with Crippen molar-refractivity contribution >= 4 is 29.4 Å². The Balaban J connectivity index is 1.82. The summed E-state index contributed by atoms with van der Waals surface area (Å²) >= 11 is 1.32. The van der Waals surface area contributed by atoms with Crippen molar-refractivity contribution in [3.05, 3.63) is 11.8 Å². The maximum atomic E-state index is 12.5. The molecule has 3 atom stereocenters. The standard InChI is InChI=1S/C16H26N4O3S/c1-10-8-14(19-23-10)18-16(22)12(3)24-9-15(21)20-7-5-4-6-13(20)11(2)17/h8,11-13H,4-7,9,17H2,1-3H3,(H,18,19,22). The number of nitrogens with one attached hydrogen (secondary N) is 1. The fraction of sp³-hybridized carbons (Fsp3) is 0.688. The van der Waals surface area contributed by atoms with E-state index in [-0.39, 0.29) is 34.9 Å². The number of aromatic nitrogens is 1. The van der Waals surface area contributed by atoms with E-state index >= 15 is 0 Å². The van der Waals surface area contributed by atoms with E-state index in [0.717, 1.165) is 25.8 Å². The molecule has 7 nitrogen and oxygen atoms in total. The molecule has 0 spiro atoms. The molecule has 24 heavy (non-hydrogen) atoms. The highest BCUT2D eigenvalue weighted by atomic mass is 32.2. The fourth-order valence-electron chi connectivity index (χ4n) is 2.82. The molecule has 0 saturated carbocycles. The van der Waals surface area contributed by atoms with Crippen LogP contribution >= 0.6 is 11.8 Å². The molecule has 0 bridgehead atoms. The summed E-state index contributed by atoms with van der Waals surface area (Å²) in [7, 11) is 0. The minimum atomic E-state index is -0.357. The molecule has 2 amide bonds. The van der Waals surface area contributed by atoms with Crippen LogP contribution in [-0.2, 0) is 9.59 Å². The van der Waals surface area contributed by atoms with E-state index in [0.29, 0.717) is 11.6 Å². The summed E-state index contributed by atoms with van der Waals surface area (Å²) in [5.74, 6) is 1.16. The van der Waals surface area contributed by atoms with Crippen LogP contribution in [0.5, 0.6) is 0 Å². The van der Waals surface area contributed by atoms with Gasteiger partial charge in [-0.05, 0) is 40.0 Å². The van der Waals surface area contributed by atoms with Gasteiger partial charge < -0.3 is 20.5 Å². The molecule has 1 aliphatic heterocycles. The maximum Gasteiger partial charge on any atom is 0.238 e. The number of nitrogens with two attached hydrogens (primary N) is 1. The SMILES string of the molecule is Cc1cc(NC(=O)C(C)SCC(=O)N2CCCCC2C(C)N)no1. The molecule has 134 valence electrons. The van der Waals surface area contributed by atoms with Crippen molar-refractivity contribution in [2.24, 2.45) is 5.73 Å². The quantitative estimate of drug-likeness (QED) is 0.807. The van der Waals surface area contributed by atoms with Gasteiger partial charge in [0.05, 0.1) is 11.0 Å². The van der Waals surface area contributed by atoms with E-state index in [1.165, 1.54) is 11.8 Å². The Kier molecular flexibility index (Phi) is 6.68. The van der Waals surface area contributed by atoms with Crippen LogP contribution in [0.3, 0.4) is 0 Å². The van der Waals surface area contributed by atoms with Crippen LogP contribution in [-0.4, -0.2) is 51.5 Å². The normalized spacial score (nSPS) is 20.5. The van der Waals surface area contributed by atoms with Crippen molar-refractivity contribution in [1.29, 1.82) is 0 Å². The first-order valence-corrected chi connectivity index (χ1v) is 9.34. The largest absolute Gasteiger partial charge is 0.360 e. The molecule has 1 aliphatic rings. The van der Waals surface area contributed by atoms with Gasteiger partial charge in [-0.3, -0.25) is 9.59 Å². The third-order valence-electron chi connectivity index (χ3n) is 4.18. The molecular weight excluding hydrogens is 328 g/mol. The Labute approximate surface area is 146 Å². The zero-order chi connectivity index (χ0) is 17.7. The van der Waals surface area contributed by atoms with Crippen LogP contribution in [0.2, 0.25) is 0 Å². The van der Waals surface area contributed by atoms with Crippen molar-refractivity contribution in [1.82, 2.24) is 10.1 Å². The predicted molar refractivity (Wildman–Crippen MR) is 94.8 cm³/mol. The summed E-state index contributed by atoms with van der Waals surface area (Å²) < 4.78 is 4.91. The van der Waals surface area contributed by atoms with Crippen LogP contribution in [0.1, 0.15) is 38.9 Å². The van der Waals surface area contributed by atoms with Gasteiger partial charge in [0.2, 0.25) is 11.8 Å². The Bertz CT molecular complexity index is 575. The van der Waals surface area contributed by atoms with Crippen molar-refractivity contribution in [3.8, 4) is 0 Å². The van der Waals surface area contributed by atoms with Crippen LogP contribution in [0.4, 0.5) is 5.82 Å². The number of carbonyl (C=O) groups excluding carboxylic acids is 2. The number of rotatable bonds is 6. The molecule has 1 aromatic heterocycles. The predicted octanol–water partition coefficient (Wildman–Crippen LogP) is 1.77. The summed E-state index contributed by atoms with van der Waals surface area (Å²) in [6.45, 7) is 6.23. The number of anilines is 1. The van der Waals surface area contributed by atoms with Crippen LogP contribution in [0.15, 0.2) is 10.6 Å². The second-order valence-electron chi connectivity index (χ2n) is 6.27. The highest BCUT2D eigenvalue weighted by molar-refractivity contribution is 8.01. The number of amides is 2. The summed E-state index contributed by atoms with van der Waals surface area (Å²) in [5.41, 5.74) is 6.01. The third kappa shape index (κ3) is 4.98. The zero-order valence-electron chi connectivity index (χ0n) is 14.4. The monoisotopic (exact) mass is 354 g/mol. The molecule has 2 heterocycles. The smallest absolute Gasteiger partial charge is 0.238 e. The molecule has 1 fully saturated rings. The average molecular weight is 354 g/mol. The number of nitrogens with zero attached hydrogens (tertiary/aromatic N) is 2. The van der Waals surface area contributed by atoms with Gasteiger partial charge in [0, 0.05) is 24.7 Å². The zero-order valence-corrected chi connectivity index (χ0v) is 15.3. The van der Waals surface area contributed by atoms with Crippen molar-refractivity contribution in [3.63, 3.8) is 0 Å². The lowest BCUT2D eigenvalue weighted by atomic mass is 9.97. The lowest BCUT2D eigenvalue weighted by Crippen LogP contribution is -2.52. The Morgan fingerprint density at radius 3 is 2.88 bits per heavy atom. The molecule has 3 N–H and O–H groups in total. The molecule has 1 saturated heterocycles. The first-order chi connectivity index (χ1) is 11.4. The van der Waals surface area contributed by atoms with E-state index < -0.39 is 0 Å². The summed E-state index contributed by atoms with van der Waals surface area (Å²) in [6, 6.07) is 1.73. The number of aryl methyl sites for hydroxylation is 1.